The molecule has 2 aromatic heterocycles. The Balaban J connectivity index is 1.79. The molecule has 0 radical (unpaired) electrons. The van der Waals surface area contributed by atoms with Gasteiger partial charge in [-0.1, -0.05) is 6.07 Å². The number of amides is 2. The number of carbonyl (C=O) groups excluding carboxylic acids is 1. The fourth-order valence-electron chi connectivity index (χ4n) is 3.15. The van der Waals surface area contributed by atoms with Crippen LogP contribution in [0.25, 0.3) is 5.95 Å². The third kappa shape index (κ3) is 5.52. The molecule has 0 aliphatic rings. The molecule has 4 N–H and O–H groups in total. The van der Waals surface area contributed by atoms with E-state index in [9.17, 15) is 22.8 Å². The third-order valence-corrected chi connectivity index (χ3v) is 4.75. The lowest BCUT2D eigenvalue weighted by Gasteiger charge is -2.17. The average Bonchev–Trinajstić information content (AvgIpc) is 2.76. The second-order valence-corrected chi connectivity index (χ2v) is 7.32. The topological polar surface area (TPSA) is 124 Å². The predicted molar refractivity (Wildman–Crippen MR) is 120 cm³/mol. The van der Waals surface area contributed by atoms with Gasteiger partial charge >= 0.3 is 12.2 Å². The lowest BCUT2D eigenvalue weighted by molar-refractivity contribution is -0.138. The van der Waals surface area contributed by atoms with Crippen LogP contribution in [0.15, 0.2) is 47.5 Å². The Hall–Kier alpha value is -3.93. The number of aromatic nitrogens is 3. The van der Waals surface area contributed by atoms with Crippen LogP contribution < -0.4 is 26.7 Å². The first-order valence-electron chi connectivity index (χ1n) is 10.2. The molecule has 1 atom stereocenters. The summed E-state index contributed by atoms with van der Waals surface area (Å²) < 4.78 is 46.6. The average molecular weight is 476 g/mol. The number of urea groups is 1. The summed E-state index contributed by atoms with van der Waals surface area (Å²) in [7, 11) is 0. The molecule has 3 aromatic rings. The van der Waals surface area contributed by atoms with Crippen LogP contribution in [0.5, 0.6) is 5.75 Å². The van der Waals surface area contributed by atoms with Crippen molar-refractivity contribution in [1.29, 1.82) is 0 Å². The lowest BCUT2D eigenvalue weighted by atomic mass is 10.0. The van der Waals surface area contributed by atoms with Gasteiger partial charge in [0, 0.05) is 17.9 Å². The molecule has 34 heavy (non-hydrogen) atoms. The second-order valence-electron chi connectivity index (χ2n) is 7.32. The highest BCUT2D eigenvalue weighted by atomic mass is 19.4. The molecule has 180 valence electrons. The fourth-order valence-corrected chi connectivity index (χ4v) is 3.15. The molecule has 1 aromatic carbocycles. The van der Waals surface area contributed by atoms with Crippen molar-refractivity contribution in [2.75, 3.05) is 17.2 Å². The number of aryl methyl sites for hydroxylation is 1. The van der Waals surface area contributed by atoms with Gasteiger partial charge in [-0.05, 0) is 50.6 Å². The summed E-state index contributed by atoms with van der Waals surface area (Å²) in [4.78, 5) is 33.2. The zero-order valence-corrected chi connectivity index (χ0v) is 18.6. The van der Waals surface area contributed by atoms with E-state index in [0.717, 1.165) is 6.07 Å². The van der Waals surface area contributed by atoms with Crippen molar-refractivity contribution in [2.24, 2.45) is 5.73 Å². The van der Waals surface area contributed by atoms with E-state index < -0.39 is 29.4 Å². The van der Waals surface area contributed by atoms with Crippen molar-refractivity contribution < 1.29 is 22.7 Å². The van der Waals surface area contributed by atoms with Gasteiger partial charge in [0.1, 0.15) is 0 Å². The number of ether oxygens (including phenoxy) is 1. The van der Waals surface area contributed by atoms with Crippen LogP contribution in [0.4, 0.5) is 29.3 Å². The largest absolute Gasteiger partial charge is 0.488 e. The first-order valence-corrected chi connectivity index (χ1v) is 10.2. The maximum absolute atomic E-state index is 13.4. The number of rotatable bonds is 6. The van der Waals surface area contributed by atoms with E-state index in [1.54, 1.807) is 19.9 Å². The number of hydrogen-bond donors (Lipinski definition) is 3. The Morgan fingerprint density at radius 2 is 2.00 bits per heavy atom. The second kappa shape index (κ2) is 9.91. The zero-order chi connectivity index (χ0) is 25.0. The predicted octanol–water partition coefficient (Wildman–Crippen LogP) is 4.02. The normalized spacial score (nSPS) is 12.2. The molecule has 0 bridgehead atoms. The van der Waals surface area contributed by atoms with Crippen molar-refractivity contribution in [2.45, 2.75) is 33.0 Å². The Bertz CT molecular complexity index is 1260. The quantitative estimate of drug-likeness (QED) is 0.494. The molecule has 2 heterocycles. The molecule has 3 rings (SSSR count). The van der Waals surface area contributed by atoms with Crippen molar-refractivity contribution >= 4 is 17.4 Å². The van der Waals surface area contributed by atoms with Gasteiger partial charge in [-0.25, -0.2) is 19.3 Å². The van der Waals surface area contributed by atoms with Gasteiger partial charge in [-0.3, -0.25) is 4.79 Å². The molecule has 2 amide bonds. The molecule has 0 fully saturated rings. The lowest BCUT2D eigenvalue weighted by Crippen LogP contribution is -2.23. The van der Waals surface area contributed by atoms with Gasteiger partial charge < -0.3 is 21.1 Å². The number of nitrogens with two attached hydrogens (primary N) is 1. The van der Waals surface area contributed by atoms with E-state index in [1.165, 1.54) is 42.1 Å². The molecule has 1 unspecified atom stereocenters. The van der Waals surface area contributed by atoms with Crippen LogP contribution in [0, 0.1) is 6.92 Å². The van der Waals surface area contributed by atoms with Gasteiger partial charge in [0.25, 0.3) is 5.56 Å². The van der Waals surface area contributed by atoms with E-state index >= 15 is 0 Å². The number of alkyl halides is 3. The third-order valence-electron chi connectivity index (χ3n) is 4.75. The molecule has 12 heteroatoms. The van der Waals surface area contributed by atoms with Gasteiger partial charge in [-0.2, -0.15) is 13.2 Å². The van der Waals surface area contributed by atoms with Crippen LogP contribution in [0.2, 0.25) is 0 Å². The van der Waals surface area contributed by atoms with Gasteiger partial charge in [-0.15, -0.1) is 0 Å². The Kier molecular flexibility index (Phi) is 7.20. The summed E-state index contributed by atoms with van der Waals surface area (Å²) in [6.45, 7) is 5.09. The molecule has 0 saturated heterocycles. The number of nitrogens with zero attached hydrogens (tertiary/aromatic N) is 3. The number of anilines is 2. The van der Waals surface area contributed by atoms with Gasteiger partial charge in [0.05, 0.1) is 29.7 Å². The van der Waals surface area contributed by atoms with Crippen LogP contribution in [0.3, 0.4) is 0 Å². The van der Waals surface area contributed by atoms with Crippen LogP contribution in [-0.4, -0.2) is 27.2 Å². The van der Waals surface area contributed by atoms with Crippen molar-refractivity contribution in [3.63, 3.8) is 0 Å². The number of carbonyl (C=O) groups is 1. The number of hydrogen-bond acceptors (Lipinski definition) is 6. The van der Waals surface area contributed by atoms with Gasteiger partial charge in [0.2, 0.25) is 5.95 Å². The molecule has 0 spiro atoms. The van der Waals surface area contributed by atoms with Crippen LogP contribution in [0.1, 0.15) is 36.7 Å². The number of pyridine rings is 1. The minimum Gasteiger partial charge on any atom is -0.488 e. The minimum absolute atomic E-state index is 0.0660. The van der Waals surface area contributed by atoms with Gasteiger partial charge in [0.15, 0.2) is 5.75 Å². The van der Waals surface area contributed by atoms with Crippen LogP contribution >= 0.6 is 0 Å². The Morgan fingerprint density at radius 3 is 2.62 bits per heavy atom. The summed E-state index contributed by atoms with van der Waals surface area (Å²) in [5.41, 5.74) is 4.64. The Labute approximate surface area is 192 Å². The summed E-state index contributed by atoms with van der Waals surface area (Å²) in [5, 5.41) is 4.84. The summed E-state index contributed by atoms with van der Waals surface area (Å²) in [6, 6.07) is 4.88. The molecule has 9 nitrogen and oxygen atoms in total. The summed E-state index contributed by atoms with van der Waals surface area (Å²) in [6.07, 6.45) is -1.87. The number of halogens is 3. The fraction of sp³-hybridized carbons (Fsp3) is 0.273. The van der Waals surface area contributed by atoms with E-state index in [4.69, 9.17) is 10.5 Å². The van der Waals surface area contributed by atoms with E-state index in [1.807, 2.05) is 0 Å². The molecular weight excluding hydrogens is 453 g/mol. The standard InChI is InChI=1S/C22H23F3N6O3/c1-4-34-18-6-5-9-31(19(18)32)20-27-11-17(13(3)28-20)30-21(33)29-14-7-8-15(12(2)26)16(10-14)22(23,24)25/h5-12H,4,26H2,1-3H3,(H2,29,30,33). The monoisotopic (exact) mass is 476 g/mol. The van der Waals surface area contributed by atoms with Crippen molar-refractivity contribution in [1.82, 2.24) is 14.5 Å². The molecule has 0 aliphatic heterocycles. The maximum Gasteiger partial charge on any atom is 0.416 e. The van der Waals surface area contributed by atoms with Crippen molar-refractivity contribution in [3.8, 4) is 11.7 Å². The maximum atomic E-state index is 13.4. The highest BCUT2D eigenvalue weighted by Gasteiger charge is 2.34. The summed E-state index contributed by atoms with van der Waals surface area (Å²) >= 11 is 0. The number of benzene rings is 1. The van der Waals surface area contributed by atoms with E-state index in [0.29, 0.717) is 12.3 Å². The summed E-state index contributed by atoms with van der Waals surface area (Å²) in [5.74, 6) is 0.206. The highest BCUT2D eigenvalue weighted by Crippen LogP contribution is 2.35. The van der Waals surface area contributed by atoms with Crippen LogP contribution in [-0.2, 0) is 6.18 Å². The first kappa shape index (κ1) is 24.7. The molecule has 0 aliphatic carbocycles. The SMILES string of the molecule is CCOc1cccn(-c2ncc(NC(=O)Nc3ccc(C(C)N)c(C(F)(F)F)c3)c(C)n2)c1=O. The van der Waals surface area contributed by atoms with E-state index in [2.05, 4.69) is 20.6 Å². The number of nitrogens with one attached hydrogen (secondary N) is 2. The van der Waals surface area contributed by atoms with Crippen molar-refractivity contribution in [3.05, 3.63) is 69.9 Å². The highest BCUT2D eigenvalue weighted by molar-refractivity contribution is 6.00. The van der Waals surface area contributed by atoms with E-state index in [-0.39, 0.29) is 28.6 Å². The molecular formula is C22H23F3N6O3. The Morgan fingerprint density at radius 1 is 1.26 bits per heavy atom. The smallest absolute Gasteiger partial charge is 0.416 e. The molecule has 0 saturated carbocycles. The zero-order valence-electron chi connectivity index (χ0n) is 18.6. The minimum atomic E-state index is -4.63. The first-order chi connectivity index (χ1) is 16.0.